The SMILES string of the molecule is Cc1c(C(=O)O)cccc1-c1cnccn1. The third kappa shape index (κ3) is 1.77. The fraction of sp³-hybridized carbons (Fsp3) is 0.0833. The summed E-state index contributed by atoms with van der Waals surface area (Å²) in [6.07, 6.45) is 4.79. The maximum absolute atomic E-state index is 11.0. The molecule has 0 bridgehead atoms. The van der Waals surface area contributed by atoms with Gasteiger partial charge in [-0.15, -0.1) is 0 Å². The smallest absolute Gasteiger partial charge is 0.335 e. The minimum Gasteiger partial charge on any atom is -0.478 e. The number of carboxylic acid groups (broad SMARTS) is 1. The molecule has 0 radical (unpaired) electrons. The quantitative estimate of drug-likeness (QED) is 0.831. The molecule has 0 spiro atoms. The number of nitrogens with zero attached hydrogens (tertiary/aromatic N) is 2. The molecule has 4 heteroatoms. The summed E-state index contributed by atoms with van der Waals surface area (Å²) < 4.78 is 0. The molecule has 0 fully saturated rings. The van der Waals surface area contributed by atoms with Crippen LogP contribution in [0.2, 0.25) is 0 Å². The van der Waals surface area contributed by atoms with Crippen LogP contribution in [0.15, 0.2) is 36.8 Å². The lowest BCUT2D eigenvalue weighted by Crippen LogP contribution is -2.01. The van der Waals surface area contributed by atoms with Crippen LogP contribution in [0.1, 0.15) is 15.9 Å². The van der Waals surface area contributed by atoms with Gasteiger partial charge in [-0.2, -0.15) is 0 Å². The van der Waals surface area contributed by atoms with Crippen LogP contribution in [0.3, 0.4) is 0 Å². The Morgan fingerprint density at radius 1 is 1.31 bits per heavy atom. The van der Waals surface area contributed by atoms with Crippen LogP contribution in [0.4, 0.5) is 0 Å². The summed E-state index contributed by atoms with van der Waals surface area (Å²) in [5.74, 6) is -0.928. The predicted molar refractivity (Wildman–Crippen MR) is 59.2 cm³/mol. The number of hydrogen-bond donors (Lipinski definition) is 1. The highest BCUT2D eigenvalue weighted by Gasteiger charge is 2.11. The summed E-state index contributed by atoms with van der Waals surface area (Å²) in [5.41, 5.74) is 2.48. The molecular formula is C12H10N2O2. The Labute approximate surface area is 92.6 Å². The van der Waals surface area contributed by atoms with Crippen molar-refractivity contribution in [3.05, 3.63) is 47.9 Å². The Balaban J connectivity index is 2.59. The second kappa shape index (κ2) is 4.10. The molecule has 0 saturated heterocycles. The molecule has 0 unspecified atom stereocenters. The molecule has 4 nitrogen and oxygen atoms in total. The molecule has 16 heavy (non-hydrogen) atoms. The zero-order chi connectivity index (χ0) is 11.5. The Kier molecular flexibility index (Phi) is 2.64. The van der Waals surface area contributed by atoms with Gasteiger partial charge >= 0.3 is 5.97 Å². The number of benzene rings is 1. The molecule has 1 aromatic carbocycles. The van der Waals surface area contributed by atoms with Crippen LogP contribution in [-0.2, 0) is 0 Å². The van der Waals surface area contributed by atoms with Crippen LogP contribution in [0, 0.1) is 6.92 Å². The van der Waals surface area contributed by atoms with E-state index >= 15 is 0 Å². The minimum absolute atomic E-state index is 0.295. The van der Waals surface area contributed by atoms with Crippen LogP contribution < -0.4 is 0 Å². The molecule has 1 aromatic heterocycles. The molecule has 80 valence electrons. The van der Waals surface area contributed by atoms with Crippen LogP contribution in [-0.4, -0.2) is 21.0 Å². The van der Waals surface area contributed by atoms with E-state index in [1.807, 2.05) is 6.07 Å². The molecule has 0 aliphatic carbocycles. The molecule has 0 saturated carbocycles. The first kappa shape index (κ1) is 10.3. The third-order valence-electron chi connectivity index (χ3n) is 2.40. The number of carboxylic acids is 1. The monoisotopic (exact) mass is 214 g/mol. The number of rotatable bonds is 2. The van der Waals surface area contributed by atoms with E-state index in [0.29, 0.717) is 16.8 Å². The Morgan fingerprint density at radius 3 is 2.75 bits per heavy atom. The van der Waals surface area contributed by atoms with E-state index in [4.69, 9.17) is 5.11 Å². The lowest BCUT2D eigenvalue weighted by molar-refractivity contribution is 0.0696. The number of carbonyl (C=O) groups is 1. The van der Waals surface area contributed by atoms with Gasteiger partial charge in [0.25, 0.3) is 0 Å². The number of aromatic nitrogens is 2. The van der Waals surface area contributed by atoms with Gasteiger partial charge in [-0.1, -0.05) is 12.1 Å². The second-order valence-electron chi connectivity index (χ2n) is 3.37. The van der Waals surface area contributed by atoms with Crippen LogP contribution >= 0.6 is 0 Å². The van der Waals surface area contributed by atoms with Crippen LogP contribution in [0.25, 0.3) is 11.3 Å². The van der Waals surface area contributed by atoms with E-state index in [1.54, 1.807) is 37.6 Å². The number of aromatic carboxylic acids is 1. The van der Waals surface area contributed by atoms with E-state index in [2.05, 4.69) is 9.97 Å². The summed E-state index contributed by atoms with van der Waals surface area (Å²) >= 11 is 0. The Hall–Kier alpha value is -2.23. The first-order chi connectivity index (χ1) is 7.70. The van der Waals surface area contributed by atoms with Crippen molar-refractivity contribution in [3.8, 4) is 11.3 Å². The molecule has 2 aromatic rings. The molecule has 1 heterocycles. The fourth-order valence-corrected chi connectivity index (χ4v) is 1.58. The van der Waals surface area contributed by atoms with Crippen molar-refractivity contribution in [2.75, 3.05) is 0 Å². The van der Waals surface area contributed by atoms with Gasteiger partial charge in [0.05, 0.1) is 17.5 Å². The third-order valence-corrected chi connectivity index (χ3v) is 2.40. The highest BCUT2D eigenvalue weighted by atomic mass is 16.4. The summed E-state index contributed by atoms with van der Waals surface area (Å²) in [7, 11) is 0. The molecule has 2 rings (SSSR count). The maximum Gasteiger partial charge on any atom is 0.335 e. The number of hydrogen-bond acceptors (Lipinski definition) is 3. The van der Waals surface area contributed by atoms with Crippen molar-refractivity contribution < 1.29 is 9.90 Å². The van der Waals surface area contributed by atoms with Gasteiger partial charge in [-0.3, -0.25) is 9.97 Å². The molecule has 0 atom stereocenters. The highest BCUT2D eigenvalue weighted by molar-refractivity contribution is 5.91. The van der Waals surface area contributed by atoms with Gasteiger partial charge in [0.15, 0.2) is 0 Å². The zero-order valence-electron chi connectivity index (χ0n) is 8.71. The van der Waals surface area contributed by atoms with Gasteiger partial charge in [-0.05, 0) is 18.6 Å². The molecule has 0 aliphatic heterocycles. The molecular weight excluding hydrogens is 204 g/mol. The van der Waals surface area contributed by atoms with E-state index in [9.17, 15) is 4.79 Å². The van der Waals surface area contributed by atoms with Crippen molar-refractivity contribution in [1.29, 1.82) is 0 Å². The van der Waals surface area contributed by atoms with Crippen molar-refractivity contribution in [3.63, 3.8) is 0 Å². The van der Waals surface area contributed by atoms with E-state index < -0.39 is 5.97 Å². The molecule has 1 N–H and O–H groups in total. The lowest BCUT2D eigenvalue weighted by Gasteiger charge is -2.07. The summed E-state index contributed by atoms with van der Waals surface area (Å²) in [5, 5.41) is 9.00. The van der Waals surface area contributed by atoms with Gasteiger partial charge in [-0.25, -0.2) is 4.79 Å². The summed E-state index contributed by atoms with van der Waals surface area (Å²) in [6, 6.07) is 5.13. The second-order valence-corrected chi connectivity index (χ2v) is 3.37. The summed E-state index contributed by atoms with van der Waals surface area (Å²) in [4.78, 5) is 19.1. The summed E-state index contributed by atoms with van der Waals surface area (Å²) in [6.45, 7) is 1.77. The standard InChI is InChI=1S/C12H10N2O2/c1-8-9(11-7-13-5-6-14-11)3-2-4-10(8)12(15)16/h2-7H,1H3,(H,15,16). The normalized spacial score (nSPS) is 10.1. The minimum atomic E-state index is -0.928. The van der Waals surface area contributed by atoms with Gasteiger partial charge in [0.1, 0.15) is 0 Å². The molecule has 0 aliphatic rings. The Bertz CT molecular complexity index is 524. The maximum atomic E-state index is 11.0. The largest absolute Gasteiger partial charge is 0.478 e. The average molecular weight is 214 g/mol. The van der Waals surface area contributed by atoms with Crippen molar-refractivity contribution in [2.45, 2.75) is 6.92 Å². The Morgan fingerprint density at radius 2 is 2.12 bits per heavy atom. The van der Waals surface area contributed by atoms with Crippen molar-refractivity contribution in [1.82, 2.24) is 9.97 Å². The average Bonchev–Trinajstić information content (AvgIpc) is 2.30. The first-order valence-corrected chi connectivity index (χ1v) is 4.79. The van der Waals surface area contributed by atoms with Gasteiger partial charge < -0.3 is 5.11 Å². The fourth-order valence-electron chi connectivity index (χ4n) is 1.58. The topological polar surface area (TPSA) is 63.1 Å². The highest BCUT2D eigenvalue weighted by Crippen LogP contribution is 2.23. The van der Waals surface area contributed by atoms with Gasteiger partial charge in [0.2, 0.25) is 0 Å². The van der Waals surface area contributed by atoms with Crippen LogP contribution in [0.5, 0.6) is 0 Å². The van der Waals surface area contributed by atoms with Crippen molar-refractivity contribution in [2.24, 2.45) is 0 Å². The lowest BCUT2D eigenvalue weighted by atomic mass is 10.0. The van der Waals surface area contributed by atoms with E-state index in [0.717, 1.165) is 5.56 Å². The predicted octanol–water partition coefficient (Wildman–Crippen LogP) is 2.15. The first-order valence-electron chi connectivity index (χ1n) is 4.79. The van der Waals surface area contributed by atoms with E-state index in [1.165, 1.54) is 0 Å². The van der Waals surface area contributed by atoms with E-state index in [-0.39, 0.29) is 0 Å². The van der Waals surface area contributed by atoms with Crippen molar-refractivity contribution >= 4 is 5.97 Å². The zero-order valence-corrected chi connectivity index (χ0v) is 8.71. The van der Waals surface area contributed by atoms with Gasteiger partial charge in [0, 0.05) is 18.0 Å². The molecule has 0 amide bonds.